The number of nitro groups is 1. The van der Waals surface area contributed by atoms with Gasteiger partial charge in [-0.25, -0.2) is 0 Å². The van der Waals surface area contributed by atoms with Gasteiger partial charge in [0, 0.05) is 16.1 Å². The monoisotopic (exact) mass is 419 g/mol. The number of hydrazone groups is 1. The van der Waals surface area contributed by atoms with E-state index in [0.717, 1.165) is 30.1 Å². The third-order valence-corrected chi connectivity index (χ3v) is 5.79. The number of carbonyl (C=O) groups excluding carboxylic acids is 2. The molecule has 8 nitrogen and oxygen atoms in total. The fourth-order valence-corrected chi connectivity index (χ4v) is 4.60. The first-order valence-corrected chi connectivity index (χ1v) is 8.95. The van der Waals surface area contributed by atoms with Crippen LogP contribution in [-0.4, -0.2) is 33.1 Å². The van der Waals surface area contributed by atoms with Crippen LogP contribution in [0, 0.1) is 33.8 Å². The van der Waals surface area contributed by atoms with Crippen LogP contribution in [0.15, 0.2) is 33.9 Å². The van der Waals surface area contributed by atoms with Crippen LogP contribution >= 0.6 is 15.9 Å². The minimum absolute atomic E-state index is 0.0441. The predicted molar refractivity (Wildman–Crippen MR) is 94.2 cm³/mol. The van der Waals surface area contributed by atoms with Crippen LogP contribution in [-0.2, 0) is 9.59 Å². The van der Waals surface area contributed by atoms with E-state index < -0.39 is 16.4 Å². The van der Waals surface area contributed by atoms with Crippen molar-refractivity contribution >= 4 is 39.6 Å². The summed E-state index contributed by atoms with van der Waals surface area (Å²) in [6.07, 6.45) is 6.90. The normalized spacial score (nSPS) is 29.7. The third-order valence-electron chi connectivity index (χ3n) is 5.33. The van der Waals surface area contributed by atoms with Gasteiger partial charge in [0.25, 0.3) is 11.8 Å². The summed E-state index contributed by atoms with van der Waals surface area (Å²) in [6.45, 7) is 0. The van der Waals surface area contributed by atoms with Crippen molar-refractivity contribution in [1.29, 1.82) is 0 Å². The fraction of sp³-hybridized carbons (Fsp3) is 0.353. The van der Waals surface area contributed by atoms with Crippen LogP contribution in [0.25, 0.3) is 0 Å². The second-order valence-corrected chi connectivity index (χ2v) is 7.61. The molecule has 4 atom stereocenters. The van der Waals surface area contributed by atoms with Crippen LogP contribution in [0.1, 0.15) is 18.4 Å². The minimum Gasteiger partial charge on any atom is -0.502 e. The van der Waals surface area contributed by atoms with E-state index in [9.17, 15) is 24.8 Å². The highest BCUT2D eigenvalue weighted by Gasteiger charge is 2.56. The molecule has 0 spiro atoms. The zero-order chi connectivity index (χ0) is 18.6. The molecular formula is C17H14BrN3O5. The van der Waals surface area contributed by atoms with Gasteiger partial charge in [0.1, 0.15) is 0 Å². The summed E-state index contributed by atoms with van der Waals surface area (Å²) >= 11 is 3.13. The van der Waals surface area contributed by atoms with Gasteiger partial charge in [-0.3, -0.25) is 19.7 Å². The fourth-order valence-electron chi connectivity index (χ4n) is 4.14. The number of phenolic OH excluding ortho intramolecular Hbond substituents is 1. The Morgan fingerprint density at radius 2 is 1.77 bits per heavy atom. The maximum atomic E-state index is 12.7. The van der Waals surface area contributed by atoms with Gasteiger partial charge in [0.05, 0.1) is 23.0 Å². The Kier molecular flexibility index (Phi) is 3.91. The average Bonchev–Trinajstić information content (AvgIpc) is 2.89. The van der Waals surface area contributed by atoms with Gasteiger partial charge in [-0.15, -0.1) is 0 Å². The van der Waals surface area contributed by atoms with E-state index in [1.54, 1.807) is 0 Å². The summed E-state index contributed by atoms with van der Waals surface area (Å²) < 4.78 is 0.374. The molecule has 26 heavy (non-hydrogen) atoms. The zero-order valence-corrected chi connectivity index (χ0v) is 15.0. The zero-order valence-electron chi connectivity index (χ0n) is 13.4. The SMILES string of the molecule is O=C1[C@@H]2[C@@H](C(=O)N1/N=C\c1cc(Br)cc([N+](=O)[O-])c1O)[C@H]1C=C[C@@H]2CC1. The Balaban J connectivity index is 1.65. The molecule has 134 valence electrons. The highest BCUT2D eigenvalue weighted by Crippen LogP contribution is 2.49. The second kappa shape index (κ2) is 6.01. The molecule has 1 aromatic rings. The Morgan fingerprint density at radius 3 is 2.27 bits per heavy atom. The quantitative estimate of drug-likeness (QED) is 0.266. The van der Waals surface area contributed by atoms with Gasteiger partial charge in [0.15, 0.2) is 0 Å². The first-order chi connectivity index (χ1) is 12.4. The first-order valence-electron chi connectivity index (χ1n) is 8.15. The lowest BCUT2D eigenvalue weighted by molar-refractivity contribution is -0.385. The molecule has 9 heteroatoms. The lowest BCUT2D eigenvalue weighted by atomic mass is 9.63. The average molecular weight is 420 g/mol. The largest absolute Gasteiger partial charge is 0.502 e. The molecule has 5 rings (SSSR count). The standard InChI is InChI=1S/C17H14BrN3O5/c18-11-5-10(15(22)12(6-11)21(25)26)7-19-20-16(23)13-8-1-2-9(4-3-8)14(13)17(20)24/h1-2,5-9,13-14,22H,3-4H2/b19-7-/t8-,9+,13-,14-/m0/s1. The molecule has 1 aromatic carbocycles. The minimum atomic E-state index is -0.721. The van der Waals surface area contributed by atoms with E-state index in [2.05, 4.69) is 21.0 Å². The van der Waals surface area contributed by atoms with Crippen LogP contribution < -0.4 is 0 Å². The number of phenols is 1. The van der Waals surface area contributed by atoms with Gasteiger partial charge >= 0.3 is 5.69 Å². The molecule has 2 bridgehead atoms. The van der Waals surface area contributed by atoms with Crippen LogP contribution in [0.2, 0.25) is 0 Å². The molecule has 2 fully saturated rings. The van der Waals surface area contributed by atoms with Crippen molar-refractivity contribution in [2.75, 3.05) is 0 Å². The number of carbonyl (C=O) groups is 2. The number of fused-ring (bicyclic) bond motifs is 1. The molecule has 3 aliphatic carbocycles. The van der Waals surface area contributed by atoms with Gasteiger partial charge < -0.3 is 5.11 Å². The summed E-state index contributed by atoms with van der Waals surface area (Å²) in [4.78, 5) is 35.6. The number of rotatable bonds is 3. The summed E-state index contributed by atoms with van der Waals surface area (Å²) in [7, 11) is 0. The smallest absolute Gasteiger partial charge is 0.312 e. The van der Waals surface area contributed by atoms with E-state index in [-0.39, 0.29) is 41.0 Å². The second-order valence-electron chi connectivity index (χ2n) is 6.69. The van der Waals surface area contributed by atoms with Crippen molar-refractivity contribution in [2.24, 2.45) is 28.8 Å². The highest BCUT2D eigenvalue weighted by atomic mass is 79.9. The topological polar surface area (TPSA) is 113 Å². The Bertz CT molecular complexity index is 865. The van der Waals surface area contributed by atoms with E-state index in [4.69, 9.17) is 0 Å². The predicted octanol–water partition coefficient (Wildman–Crippen LogP) is 2.59. The van der Waals surface area contributed by atoms with Gasteiger partial charge in [-0.05, 0) is 30.7 Å². The molecule has 1 saturated carbocycles. The number of imide groups is 1. The van der Waals surface area contributed by atoms with Gasteiger partial charge in [-0.2, -0.15) is 10.1 Å². The van der Waals surface area contributed by atoms with Crippen molar-refractivity contribution in [3.05, 3.63) is 44.4 Å². The molecular weight excluding hydrogens is 406 g/mol. The maximum absolute atomic E-state index is 12.7. The van der Waals surface area contributed by atoms with Crippen molar-refractivity contribution in [2.45, 2.75) is 12.8 Å². The van der Waals surface area contributed by atoms with E-state index in [1.165, 1.54) is 6.07 Å². The number of hydrogen-bond donors (Lipinski definition) is 1. The highest BCUT2D eigenvalue weighted by molar-refractivity contribution is 9.10. The Hall–Kier alpha value is -2.55. The number of aromatic hydroxyl groups is 1. The number of nitrogens with zero attached hydrogens (tertiary/aromatic N) is 3. The van der Waals surface area contributed by atoms with Crippen LogP contribution in [0.5, 0.6) is 5.75 Å². The lowest BCUT2D eigenvalue weighted by Crippen LogP contribution is -2.38. The number of halogens is 1. The third kappa shape index (κ3) is 2.45. The molecule has 1 aliphatic heterocycles. The molecule has 0 aromatic heterocycles. The van der Waals surface area contributed by atoms with Crippen molar-refractivity contribution in [3.8, 4) is 5.75 Å². The maximum Gasteiger partial charge on any atom is 0.312 e. The van der Waals surface area contributed by atoms with Crippen molar-refractivity contribution in [1.82, 2.24) is 5.01 Å². The first kappa shape index (κ1) is 16.9. The van der Waals surface area contributed by atoms with Gasteiger partial charge in [-0.1, -0.05) is 28.1 Å². The van der Waals surface area contributed by atoms with E-state index in [0.29, 0.717) is 4.47 Å². The number of benzene rings is 1. The molecule has 1 heterocycles. The summed E-state index contributed by atoms with van der Waals surface area (Å²) in [5, 5.41) is 25.8. The Labute approximate surface area is 156 Å². The lowest BCUT2D eigenvalue weighted by Gasteiger charge is -2.37. The summed E-state index contributed by atoms with van der Waals surface area (Å²) in [6, 6.07) is 2.59. The molecule has 1 saturated heterocycles. The van der Waals surface area contributed by atoms with Crippen molar-refractivity contribution < 1.29 is 19.6 Å². The number of nitro benzene ring substituents is 1. The van der Waals surface area contributed by atoms with Crippen LogP contribution in [0.3, 0.4) is 0 Å². The summed E-state index contributed by atoms with van der Waals surface area (Å²) in [5.74, 6) is -1.91. The number of amides is 2. The van der Waals surface area contributed by atoms with E-state index in [1.807, 2.05) is 12.2 Å². The number of allylic oxidation sites excluding steroid dienone is 2. The molecule has 1 N–H and O–H groups in total. The molecule has 4 aliphatic rings. The molecule has 0 radical (unpaired) electrons. The molecule has 0 unspecified atom stereocenters. The van der Waals surface area contributed by atoms with Gasteiger partial charge in [0.2, 0.25) is 5.75 Å². The number of hydrogen-bond acceptors (Lipinski definition) is 6. The van der Waals surface area contributed by atoms with E-state index >= 15 is 0 Å². The van der Waals surface area contributed by atoms with Crippen LogP contribution in [0.4, 0.5) is 5.69 Å². The molecule has 2 amide bonds. The van der Waals surface area contributed by atoms with Crippen molar-refractivity contribution in [3.63, 3.8) is 0 Å². The summed E-state index contributed by atoms with van der Waals surface area (Å²) in [5.41, 5.74) is -0.446. The Morgan fingerprint density at radius 1 is 1.19 bits per heavy atom.